The molecule has 10 heteroatoms. The fourth-order valence-corrected chi connectivity index (χ4v) is 4.39. The van der Waals surface area contributed by atoms with Crippen molar-refractivity contribution in [2.75, 3.05) is 12.0 Å². The van der Waals surface area contributed by atoms with E-state index in [9.17, 15) is 15.0 Å². The number of carboxylic acid groups (broad SMARTS) is 1. The summed E-state index contributed by atoms with van der Waals surface area (Å²) < 4.78 is 6.07. The van der Waals surface area contributed by atoms with Crippen LogP contribution in [0.15, 0.2) is 23.6 Å². The Morgan fingerprint density at radius 2 is 2.11 bits per heavy atom. The van der Waals surface area contributed by atoms with Gasteiger partial charge in [0.15, 0.2) is 5.82 Å². The van der Waals surface area contributed by atoms with E-state index >= 15 is 0 Å². The van der Waals surface area contributed by atoms with Gasteiger partial charge in [0.2, 0.25) is 0 Å². The maximum atomic E-state index is 11.5. The maximum absolute atomic E-state index is 11.5. The summed E-state index contributed by atoms with van der Waals surface area (Å²) in [6, 6.07) is 0.432. The standard InChI is InChI=1S/C18H21N5O4S/c1-10-13-15(20-9-21-16(13)28-14(10)17(25)26)22-23-8-2-7-19-18(23)27-12-5-3-11(24)4-6-12/h2,7,9,11-12,24H,3-6,8H2,1H3,(H,25,26)(H,20,21,22). The Kier molecular flexibility index (Phi) is 5.14. The van der Waals surface area contributed by atoms with E-state index in [2.05, 4.69) is 20.4 Å². The number of aliphatic hydroxyl groups excluding tert-OH is 1. The minimum atomic E-state index is -0.975. The largest absolute Gasteiger partial charge is 0.477 e. The number of rotatable bonds is 4. The molecule has 0 radical (unpaired) electrons. The zero-order chi connectivity index (χ0) is 19.7. The second-order valence-corrected chi connectivity index (χ2v) is 7.83. The SMILES string of the molecule is Cc1c(C(=O)O)sc2ncnc(NN3CC=CN=C3OC3CCC(O)CC3)c12. The van der Waals surface area contributed by atoms with Crippen LogP contribution in [0.5, 0.6) is 0 Å². The zero-order valence-corrected chi connectivity index (χ0v) is 16.1. The Morgan fingerprint density at radius 3 is 2.86 bits per heavy atom. The molecule has 4 rings (SSSR count). The number of carbonyl (C=O) groups is 1. The molecule has 3 N–H and O–H groups in total. The third-order valence-electron chi connectivity index (χ3n) is 4.89. The number of hydrogen-bond acceptors (Lipinski definition) is 9. The van der Waals surface area contributed by atoms with Crippen LogP contribution in [-0.4, -0.2) is 55.9 Å². The number of anilines is 1. The number of aliphatic imine (C=N–C) groups is 1. The Bertz CT molecular complexity index is 949. The number of fused-ring (bicyclic) bond motifs is 1. The van der Waals surface area contributed by atoms with Crippen LogP contribution in [0.3, 0.4) is 0 Å². The Hall–Kier alpha value is -2.72. The van der Waals surface area contributed by atoms with Gasteiger partial charge in [-0.05, 0) is 44.2 Å². The van der Waals surface area contributed by atoms with Crippen LogP contribution in [-0.2, 0) is 4.74 Å². The van der Waals surface area contributed by atoms with Crippen LogP contribution >= 0.6 is 11.3 Å². The van der Waals surface area contributed by atoms with Gasteiger partial charge in [-0.3, -0.25) is 5.43 Å². The number of amidine groups is 1. The number of aromatic nitrogens is 2. The molecule has 1 aliphatic carbocycles. The number of nitrogens with one attached hydrogen (secondary N) is 1. The normalized spacial score (nSPS) is 22.2. The predicted molar refractivity (Wildman–Crippen MR) is 105 cm³/mol. The van der Waals surface area contributed by atoms with Crippen LogP contribution in [0.25, 0.3) is 10.2 Å². The van der Waals surface area contributed by atoms with E-state index in [0.29, 0.717) is 34.2 Å². The van der Waals surface area contributed by atoms with Crippen LogP contribution in [0, 0.1) is 6.92 Å². The number of ether oxygens (including phenoxy) is 1. The molecule has 0 unspecified atom stereocenters. The van der Waals surface area contributed by atoms with Gasteiger partial charge in [0, 0.05) is 6.20 Å². The van der Waals surface area contributed by atoms with Crippen molar-refractivity contribution in [3.05, 3.63) is 29.0 Å². The van der Waals surface area contributed by atoms with Gasteiger partial charge in [-0.25, -0.2) is 24.8 Å². The van der Waals surface area contributed by atoms with E-state index < -0.39 is 5.97 Å². The third-order valence-corrected chi connectivity index (χ3v) is 6.07. The molecule has 0 aromatic carbocycles. The van der Waals surface area contributed by atoms with Gasteiger partial charge < -0.3 is 14.9 Å². The molecule has 1 saturated carbocycles. The van der Waals surface area contributed by atoms with Crippen molar-refractivity contribution < 1.29 is 19.7 Å². The highest BCUT2D eigenvalue weighted by molar-refractivity contribution is 7.20. The van der Waals surface area contributed by atoms with E-state index in [0.717, 1.165) is 37.0 Å². The first-order chi connectivity index (χ1) is 13.5. The molecule has 28 heavy (non-hydrogen) atoms. The summed E-state index contributed by atoms with van der Waals surface area (Å²) in [6.07, 6.45) is 7.74. The number of carboxylic acids is 1. The predicted octanol–water partition coefficient (Wildman–Crippen LogP) is 2.53. The van der Waals surface area contributed by atoms with Gasteiger partial charge in [0.25, 0.3) is 0 Å². The summed E-state index contributed by atoms with van der Waals surface area (Å²) in [5.41, 5.74) is 3.83. The smallest absolute Gasteiger partial charge is 0.346 e. The van der Waals surface area contributed by atoms with E-state index in [-0.39, 0.29) is 17.1 Å². The van der Waals surface area contributed by atoms with E-state index in [1.165, 1.54) is 6.33 Å². The molecule has 2 aromatic rings. The third kappa shape index (κ3) is 3.65. The average molecular weight is 403 g/mol. The minimum absolute atomic E-state index is 0.00450. The lowest BCUT2D eigenvalue weighted by atomic mass is 9.95. The lowest BCUT2D eigenvalue weighted by Crippen LogP contribution is -2.42. The fraction of sp³-hybridized carbons (Fsp3) is 0.444. The van der Waals surface area contributed by atoms with Crippen molar-refractivity contribution in [2.24, 2.45) is 4.99 Å². The van der Waals surface area contributed by atoms with E-state index in [1.807, 2.05) is 6.08 Å². The molecule has 1 aliphatic heterocycles. The van der Waals surface area contributed by atoms with Crippen LogP contribution in [0.4, 0.5) is 5.82 Å². The molecular formula is C18H21N5O4S. The molecule has 148 valence electrons. The molecular weight excluding hydrogens is 382 g/mol. The minimum Gasteiger partial charge on any atom is -0.477 e. The topological polar surface area (TPSA) is 120 Å². The number of hydrogen-bond donors (Lipinski definition) is 3. The number of aromatic carboxylic acids is 1. The highest BCUT2D eigenvalue weighted by atomic mass is 32.1. The van der Waals surface area contributed by atoms with Gasteiger partial charge in [-0.15, -0.1) is 11.3 Å². The first-order valence-corrected chi connectivity index (χ1v) is 9.93. The summed E-state index contributed by atoms with van der Waals surface area (Å²) in [7, 11) is 0. The van der Waals surface area contributed by atoms with Crippen LogP contribution in [0.2, 0.25) is 0 Å². The van der Waals surface area contributed by atoms with Crippen molar-refractivity contribution in [3.8, 4) is 0 Å². The summed E-state index contributed by atoms with van der Waals surface area (Å²) in [6.45, 7) is 2.28. The van der Waals surface area contributed by atoms with Crippen molar-refractivity contribution >= 4 is 39.4 Å². The first kappa shape index (κ1) is 18.6. The summed E-state index contributed by atoms with van der Waals surface area (Å²) >= 11 is 1.13. The van der Waals surface area contributed by atoms with Gasteiger partial charge in [0.1, 0.15) is 22.1 Å². The molecule has 2 aromatic heterocycles. The van der Waals surface area contributed by atoms with Crippen molar-refractivity contribution in [2.45, 2.75) is 44.8 Å². The molecule has 0 bridgehead atoms. The zero-order valence-electron chi connectivity index (χ0n) is 15.3. The number of thiophene rings is 1. The lowest BCUT2D eigenvalue weighted by Gasteiger charge is -2.32. The van der Waals surface area contributed by atoms with Crippen LogP contribution in [0.1, 0.15) is 40.9 Å². The van der Waals surface area contributed by atoms with Gasteiger partial charge in [-0.2, -0.15) is 0 Å². The number of aliphatic hydroxyl groups is 1. The lowest BCUT2D eigenvalue weighted by molar-refractivity contribution is 0.0520. The van der Waals surface area contributed by atoms with Crippen molar-refractivity contribution in [3.63, 3.8) is 0 Å². The average Bonchev–Trinajstić information content (AvgIpc) is 3.03. The Balaban J connectivity index is 1.57. The quantitative estimate of drug-likeness (QED) is 0.712. The molecule has 3 heterocycles. The van der Waals surface area contributed by atoms with E-state index in [4.69, 9.17) is 4.74 Å². The Morgan fingerprint density at radius 1 is 1.32 bits per heavy atom. The second-order valence-electron chi connectivity index (χ2n) is 6.83. The molecule has 0 spiro atoms. The van der Waals surface area contributed by atoms with Gasteiger partial charge in [-0.1, -0.05) is 0 Å². The fourth-order valence-electron chi connectivity index (χ4n) is 3.40. The Labute approximate surface area is 165 Å². The molecule has 9 nitrogen and oxygen atoms in total. The molecule has 1 fully saturated rings. The van der Waals surface area contributed by atoms with Crippen LogP contribution < -0.4 is 5.43 Å². The maximum Gasteiger partial charge on any atom is 0.346 e. The van der Waals surface area contributed by atoms with E-state index in [1.54, 1.807) is 18.1 Å². The second kappa shape index (κ2) is 7.72. The summed E-state index contributed by atoms with van der Waals surface area (Å²) in [5, 5.41) is 21.5. The van der Waals surface area contributed by atoms with Crippen molar-refractivity contribution in [1.29, 1.82) is 0 Å². The summed E-state index contributed by atoms with van der Waals surface area (Å²) in [4.78, 5) is 25.2. The molecule has 0 amide bonds. The monoisotopic (exact) mass is 403 g/mol. The number of nitrogens with zero attached hydrogens (tertiary/aromatic N) is 4. The highest BCUT2D eigenvalue weighted by Crippen LogP contribution is 2.33. The molecule has 0 saturated heterocycles. The highest BCUT2D eigenvalue weighted by Gasteiger charge is 2.26. The summed E-state index contributed by atoms with van der Waals surface area (Å²) in [5.74, 6) is -0.464. The number of hydrazine groups is 1. The first-order valence-electron chi connectivity index (χ1n) is 9.12. The van der Waals surface area contributed by atoms with Gasteiger partial charge in [0.05, 0.1) is 18.0 Å². The van der Waals surface area contributed by atoms with Crippen molar-refractivity contribution in [1.82, 2.24) is 15.0 Å². The molecule has 2 aliphatic rings. The molecule has 0 atom stereocenters. The number of aryl methyl sites for hydroxylation is 1. The van der Waals surface area contributed by atoms with Gasteiger partial charge >= 0.3 is 12.0 Å².